The molecule has 0 aliphatic carbocycles. The van der Waals surface area contributed by atoms with E-state index in [0.717, 1.165) is 5.56 Å². The van der Waals surface area contributed by atoms with Crippen LogP contribution in [0.4, 0.5) is 0 Å². The van der Waals surface area contributed by atoms with Crippen LogP contribution in [0, 0.1) is 10.8 Å². The van der Waals surface area contributed by atoms with Crippen molar-refractivity contribution < 1.29 is 9.47 Å². The molecule has 0 saturated carbocycles. The lowest BCUT2D eigenvalue weighted by Gasteiger charge is -2.20. The number of hydrogen-bond donors (Lipinski definition) is 2. The number of rotatable bonds is 5. The second kappa shape index (κ2) is 9.37. The summed E-state index contributed by atoms with van der Waals surface area (Å²) in [5, 5.41) is 15.1. The topological polar surface area (TPSA) is 66.2 Å². The summed E-state index contributed by atoms with van der Waals surface area (Å²) in [7, 11) is 0. The minimum Gasteiger partial charge on any atom is -0.474 e. The van der Waals surface area contributed by atoms with Crippen LogP contribution in [0.25, 0.3) is 0 Å². The Morgan fingerprint density at radius 1 is 0.958 bits per heavy atom. The predicted octanol–water partition coefficient (Wildman–Crippen LogP) is 6.01. The average molecular weight is 453 g/mol. The van der Waals surface area contributed by atoms with Crippen molar-refractivity contribution in [3.8, 4) is 0 Å². The maximum atomic E-state index is 7.68. The van der Waals surface area contributed by atoms with Crippen molar-refractivity contribution in [3.05, 3.63) is 48.0 Å². The monoisotopic (exact) mass is 450 g/mol. The minimum absolute atomic E-state index is 0.0411. The van der Waals surface area contributed by atoms with E-state index in [-0.39, 0.29) is 6.61 Å². The first kappa shape index (κ1) is 21.7. The standard InChI is InChI=1S/C14H12Cl6N2O2/c15-13(16,17)11(21)23-8-4-7-10(9-5-2-1-3-6-9)24-12(22)14(18,19)20/h1-7,10,21-22H,8H2/b7-4-,21-11?,22-12?. The largest absolute Gasteiger partial charge is 0.474 e. The van der Waals surface area contributed by atoms with E-state index >= 15 is 0 Å². The predicted molar refractivity (Wildman–Crippen MR) is 101 cm³/mol. The summed E-state index contributed by atoms with van der Waals surface area (Å²) in [6, 6.07) is 8.99. The van der Waals surface area contributed by atoms with E-state index in [2.05, 4.69) is 0 Å². The van der Waals surface area contributed by atoms with Gasteiger partial charge in [-0.15, -0.1) is 0 Å². The highest BCUT2D eigenvalue weighted by Gasteiger charge is 2.31. The van der Waals surface area contributed by atoms with Gasteiger partial charge in [0.25, 0.3) is 7.59 Å². The van der Waals surface area contributed by atoms with Crippen LogP contribution in [0.3, 0.4) is 0 Å². The van der Waals surface area contributed by atoms with Crippen LogP contribution in [-0.2, 0) is 9.47 Å². The molecule has 0 aromatic heterocycles. The van der Waals surface area contributed by atoms with Gasteiger partial charge in [0.05, 0.1) is 0 Å². The molecule has 1 aromatic rings. The molecule has 4 nitrogen and oxygen atoms in total. The molecule has 24 heavy (non-hydrogen) atoms. The van der Waals surface area contributed by atoms with E-state index in [1.165, 1.54) is 6.08 Å². The van der Waals surface area contributed by atoms with Crippen molar-refractivity contribution in [1.29, 1.82) is 10.8 Å². The van der Waals surface area contributed by atoms with Crippen molar-refractivity contribution >= 4 is 81.4 Å². The number of halogens is 6. The van der Waals surface area contributed by atoms with E-state index < -0.39 is 25.5 Å². The maximum absolute atomic E-state index is 7.68. The number of hydrogen-bond acceptors (Lipinski definition) is 4. The van der Waals surface area contributed by atoms with Crippen LogP contribution in [-0.4, -0.2) is 26.0 Å². The highest BCUT2D eigenvalue weighted by atomic mass is 35.6. The van der Waals surface area contributed by atoms with Gasteiger partial charge in [-0.3, -0.25) is 10.8 Å². The molecule has 10 heteroatoms. The summed E-state index contributed by atoms with van der Waals surface area (Å²) in [5.74, 6) is -1.04. The van der Waals surface area contributed by atoms with Gasteiger partial charge in [0, 0.05) is 0 Å². The normalized spacial score (nSPS) is 13.6. The molecule has 0 bridgehead atoms. The average Bonchev–Trinajstić information content (AvgIpc) is 2.48. The number of ether oxygens (including phenoxy) is 2. The molecule has 0 heterocycles. The SMILES string of the molecule is N=C(OC/C=C\C(OC(=N)C(Cl)(Cl)Cl)c1ccccc1)C(Cl)(Cl)Cl. The van der Waals surface area contributed by atoms with Crippen molar-refractivity contribution in [2.24, 2.45) is 0 Å². The van der Waals surface area contributed by atoms with Gasteiger partial charge in [-0.05, 0) is 17.7 Å². The van der Waals surface area contributed by atoms with Crippen molar-refractivity contribution in [1.82, 2.24) is 0 Å². The number of nitrogens with one attached hydrogen (secondary N) is 2. The van der Waals surface area contributed by atoms with Crippen LogP contribution in [0.2, 0.25) is 0 Å². The van der Waals surface area contributed by atoms with Gasteiger partial charge >= 0.3 is 0 Å². The molecule has 1 aromatic carbocycles. The van der Waals surface area contributed by atoms with E-state index in [1.807, 2.05) is 6.07 Å². The van der Waals surface area contributed by atoms with Crippen LogP contribution in [0.1, 0.15) is 11.7 Å². The fraction of sp³-hybridized carbons (Fsp3) is 0.286. The second-order valence-electron chi connectivity index (χ2n) is 4.34. The van der Waals surface area contributed by atoms with E-state index in [1.54, 1.807) is 30.3 Å². The molecule has 0 fully saturated rings. The van der Waals surface area contributed by atoms with Crippen LogP contribution in [0.5, 0.6) is 0 Å². The summed E-state index contributed by atoms with van der Waals surface area (Å²) < 4.78 is 6.46. The van der Waals surface area contributed by atoms with Gasteiger partial charge in [0.2, 0.25) is 11.8 Å². The van der Waals surface area contributed by atoms with Crippen LogP contribution >= 0.6 is 69.6 Å². The molecule has 0 spiro atoms. The number of alkyl halides is 6. The molecular weight excluding hydrogens is 441 g/mol. The third-order valence-electron chi connectivity index (χ3n) is 2.52. The molecule has 132 valence electrons. The van der Waals surface area contributed by atoms with Gasteiger partial charge in [-0.25, -0.2) is 0 Å². The molecule has 0 aliphatic heterocycles. The molecule has 1 rings (SSSR count). The Kier molecular flexibility index (Phi) is 8.46. The summed E-state index contributed by atoms with van der Waals surface area (Å²) in [6.07, 6.45) is 2.42. The Morgan fingerprint density at radius 2 is 1.50 bits per heavy atom. The first-order valence-corrected chi connectivity index (χ1v) is 8.61. The Bertz CT molecular complexity index is 596. The smallest absolute Gasteiger partial charge is 0.265 e. The first-order valence-electron chi connectivity index (χ1n) is 6.34. The molecule has 2 N–H and O–H groups in total. The molecular formula is C14H12Cl6N2O2. The van der Waals surface area contributed by atoms with Crippen LogP contribution < -0.4 is 0 Å². The zero-order valence-electron chi connectivity index (χ0n) is 11.9. The lowest BCUT2D eigenvalue weighted by Crippen LogP contribution is -2.23. The Morgan fingerprint density at radius 3 is 2.00 bits per heavy atom. The maximum Gasteiger partial charge on any atom is 0.265 e. The van der Waals surface area contributed by atoms with E-state index in [4.69, 9.17) is 89.9 Å². The Hall–Kier alpha value is -0.360. The number of benzene rings is 1. The van der Waals surface area contributed by atoms with Crippen molar-refractivity contribution in [3.63, 3.8) is 0 Å². The lowest BCUT2D eigenvalue weighted by molar-refractivity contribution is 0.232. The van der Waals surface area contributed by atoms with E-state index in [9.17, 15) is 0 Å². The minimum atomic E-state index is -1.98. The highest BCUT2D eigenvalue weighted by Crippen LogP contribution is 2.31. The molecule has 1 atom stereocenters. The van der Waals surface area contributed by atoms with Crippen molar-refractivity contribution in [2.75, 3.05) is 6.61 Å². The summed E-state index contributed by atoms with van der Waals surface area (Å²) in [4.78, 5) is 0. The van der Waals surface area contributed by atoms with Gasteiger partial charge in [-0.2, -0.15) is 0 Å². The molecule has 0 amide bonds. The Labute approximate surface area is 169 Å². The summed E-state index contributed by atoms with van der Waals surface area (Å²) in [6.45, 7) is -0.0411. The zero-order valence-corrected chi connectivity index (χ0v) is 16.4. The van der Waals surface area contributed by atoms with Gasteiger partial charge in [-0.1, -0.05) is 99.9 Å². The lowest BCUT2D eigenvalue weighted by atomic mass is 10.1. The second-order valence-corrected chi connectivity index (χ2v) is 8.90. The Balaban J connectivity index is 2.78. The third-order valence-corrected chi connectivity index (χ3v) is 3.55. The van der Waals surface area contributed by atoms with Crippen LogP contribution in [0.15, 0.2) is 42.5 Å². The third kappa shape index (κ3) is 7.68. The summed E-state index contributed by atoms with van der Waals surface area (Å²) >= 11 is 33.4. The quantitative estimate of drug-likeness (QED) is 0.248. The fourth-order valence-electron chi connectivity index (χ4n) is 1.45. The molecule has 0 aliphatic rings. The molecule has 1 unspecified atom stereocenters. The van der Waals surface area contributed by atoms with E-state index in [0.29, 0.717) is 0 Å². The van der Waals surface area contributed by atoms with Gasteiger partial charge in [0.15, 0.2) is 0 Å². The highest BCUT2D eigenvalue weighted by molar-refractivity contribution is 6.76. The molecule has 0 saturated heterocycles. The van der Waals surface area contributed by atoms with Gasteiger partial charge in [0.1, 0.15) is 12.7 Å². The zero-order chi connectivity index (χ0) is 18.4. The fourth-order valence-corrected chi connectivity index (χ4v) is 1.74. The van der Waals surface area contributed by atoms with Crippen molar-refractivity contribution in [2.45, 2.75) is 13.7 Å². The summed E-state index contributed by atoms with van der Waals surface area (Å²) in [5.41, 5.74) is 0.726. The first-order chi connectivity index (χ1) is 11.0. The molecule has 0 radical (unpaired) electrons. The van der Waals surface area contributed by atoms with Gasteiger partial charge < -0.3 is 9.47 Å².